The van der Waals surface area contributed by atoms with Gasteiger partial charge < -0.3 is 34.9 Å². The zero-order valence-corrected chi connectivity index (χ0v) is 10.9. The van der Waals surface area contributed by atoms with E-state index in [9.17, 15) is 19.6 Å². The Hall–Kier alpha value is -0.580. The number of rotatable bonds is 8. The quantitative estimate of drug-likeness (QED) is 0.201. The first-order valence-corrected chi connectivity index (χ1v) is 6.59. The highest BCUT2D eigenvalue weighted by Gasteiger charge is 2.33. The van der Waals surface area contributed by atoms with Crippen molar-refractivity contribution in [2.24, 2.45) is 0 Å². The van der Waals surface area contributed by atoms with Crippen LogP contribution in [0.4, 0.5) is 0 Å². The second-order valence-corrected chi connectivity index (χ2v) is 5.12. The van der Waals surface area contributed by atoms with Gasteiger partial charge in [0.05, 0.1) is 13.2 Å². The first-order chi connectivity index (χ1) is 8.53. The van der Waals surface area contributed by atoms with Gasteiger partial charge in [-0.3, -0.25) is 4.52 Å². The van der Waals surface area contributed by atoms with E-state index in [1.165, 1.54) is 0 Å². The van der Waals surface area contributed by atoms with Gasteiger partial charge in [0.15, 0.2) is 6.10 Å². The van der Waals surface area contributed by atoms with E-state index >= 15 is 0 Å². The molecule has 0 radical (unpaired) electrons. The molecule has 0 aromatic carbocycles. The van der Waals surface area contributed by atoms with Gasteiger partial charge in [0.1, 0.15) is 18.3 Å². The number of carbonyl (C=O) groups excluding carboxylic acids is 1. The molecule has 19 heavy (non-hydrogen) atoms. The highest BCUT2D eigenvalue weighted by atomic mass is 31.2. The largest absolute Gasteiger partial charge is 0.470 e. The normalized spacial score (nSPS) is 18.5. The van der Waals surface area contributed by atoms with Crippen molar-refractivity contribution in [2.75, 3.05) is 19.8 Å². The Morgan fingerprint density at radius 1 is 1.37 bits per heavy atom. The average molecular weight is 304 g/mol. The summed E-state index contributed by atoms with van der Waals surface area (Å²) in [5.74, 6) is -1.33. The fourth-order valence-corrected chi connectivity index (χ4v) is 1.34. The predicted molar refractivity (Wildman–Crippen MR) is 58.7 cm³/mol. The van der Waals surface area contributed by atoms with Crippen LogP contribution in [0.15, 0.2) is 0 Å². The maximum Gasteiger partial charge on any atom is 0.470 e. The van der Waals surface area contributed by atoms with Gasteiger partial charge in [-0.2, -0.15) is 0 Å². The summed E-state index contributed by atoms with van der Waals surface area (Å²) in [4.78, 5) is 28.2. The average Bonchev–Trinajstić information content (AvgIpc) is 2.31. The summed E-state index contributed by atoms with van der Waals surface area (Å²) in [6, 6.07) is 0. The van der Waals surface area contributed by atoms with Crippen LogP contribution in [0, 0.1) is 0 Å². The zero-order chi connectivity index (χ0) is 15.3. The van der Waals surface area contributed by atoms with Crippen molar-refractivity contribution < 1.29 is 48.8 Å². The summed E-state index contributed by atoms with van der Waals surface area (Å²) in [6.45, 7) is -1.51. The van der Waals surface area contributed by atoms with Gasteiger partial charge in [-0.15, -0.1) is 0 Å². The molecule has 0 aromatic rings. The molecule has 1 unspecified atom stereocenters. The molecule has 0 amide bonds. The number of hydrogen-bond donors (Lipinski definition) is 6. The molecule has 0 aliphatic heterocycles. The van der Waals surface area contributed by atoms with Gasteiger partial charge in [-0.1, -0.05) is 0 Å². The molecule has 0 aliphatic rings. The van der Waals surface area contributed by atoms with E-state index < -0.39 is 51.4 Å². The molecule has 3 atom stereocenters. The highest BCUT2D eigenvalue weighted by Crippen LogP contribution is 2.37. The van der Waals surface area contributed by atoms with E-state index in [1.807, 2.05) is 0 Å². The minimum absolute atomic E-state index is 0.757. The van der Waals surface area contributed by atoms with Crippen molar-refractivity contribution >= 4 is 13.8 Å². The number of aliphatic hydroxyl groups is 4. The van der Waals surface area contributed by atoms with E-state index in [0.29, 0.717) is 0 Å². The van der Waals surface area contributed by atoms with Crippen molar-refractivity contribution in [3.05, 3.63) is 0 Å². The second-order valence-electron chi connectivity index (χ2n) is 3.93. The molecule has 0 spiro atoms. The number of aliphatic hydroxyl groups excluding tert-OH is 3. The molecule has 0 bridgehead atoms. The number of phosphoric ester groups is 1. The third-order valence-corrected chi connectivity index (χ3v) is 2.64. The monoisotopic (exact) mass is 304 g/mol. The Morgan fingerprint density at radius 3 is 2.26 bits per heavy atom. The van der Waals surface area contributed by atoms with Crippen LogP contribution in [-0.4, -0.2) is 73.8 Å². The van der Waals surface area contributed by atoms with Crippen molar-refractivity contribution in [1.29, 1.82) is 0 Å². The highest BCUT2D eigenvalue weighted by molar-refractivity contribution is 7.46. The SMILES string of the molecule is C[C@](O)(CO)[C@H](O)COC(=O)C(CO)OP(=O)(O)O. The number of hydrogen-bond acceptors (Lipinski definition) is 8. The van der Waals surface area contributed by atoms with Crippen LogP contribution >= 0.6 is 7.82 Å². The number of ether oxygens (including phenoxy) is 1. The van der Waals surface area contributed by atoms with Crippen molar-refractivity contribution in [3.8, 4) is 0 Å². The van der Waals surface area contributed by atoms with E-state index in [0.717, 1.165) is 6.92 Å². The Morgan fingerprint density at radius 2 is 1.89 bits per heavy atom. The third kappa shape index (κ3) is 6.95. The first kappa shape index (κ1) is 18.4. The van der Waals surface area contributed by atoms with Gasteiger partial charge >= 0.3 is 13.8 Å². The van der Waals surface area contributed by atoms with Gasteiger partial charge in [-0.05, 0) is 6.92 Å². The van der Waals surface area contributed by atoms with Crippen LogP contribution in [0.25, 0.3) is 0 Å². The maximum atomic E-state index is 11.3. The summed E-state index contributed by atoms with van der Waals surface area (Å²) >= 11 is 0. The summed E-state index contributed by atoms with van der Waals surface area (Å²) in [5.41, 5.74) is -1.92. The van der Waals surface area contributed by atoms with Gasteiger partial charge in [0, 0.05) is 0 Å². The van der Waals surface area contributed by atoms with Crippen molar-refractivity contribution in [2.45, 2.75) is 24.7 Å². The molecule has 114 valence electrons. The smallest absolute Gasteiger partial charge is 0.461 e. The van der Waals surface area contributed by atoms with E-state index in [4.69, 9.17) is 20.0 Å². The van der Waals surface area contributed by atoms with Crippen molar-refractivity contribution in [1.82, 2.24) is 0 Å². The zero-order valence-electron chi connectivity index (χ0n) is 10.0. The Labute approximate surface area is 108 Å². The molecule has 0 saturated heterocycles. The molecule has 6 N–H and O–H groups in total. The van der Waals surface area contributed by atoms with Crippen LogP contribution in [0.3, 0.4) is 0 Å². The Bertz CT molecular complexity index is 336. The van der Waals surface area contributed by atoms with Gasteiger partial charge in [0.25, 0.3) is 0 Å². The van der Waals surface area contributed by atoms with E-state index in [1.54, 1.807) is 0 Å². The van der Waals surface area contributed by atoms with Crippen LogP contribution in [0.2, 0.25) is 0 Å². The maximum absolute atomic E-state index is 11.3. The fraction of sp³-hybridized carbons (Fsp3) is 0.875. The molecular formula is C8H17O10P. The summed E-state index contributed by atoms with van der Waals surface area (Å²) in [6.07, 6.45) is -3.55. The van der Waals surface area contributed by atoms with Gasteiger partial charge in [0.2, 0.25) is 0 Å². The Balaban J connectivity index is 4.40. The van der Waals surface area contributed by atoms with E-state index in [-0.39, 0.29) is 0 Å². The lowest BCUT2D eigenvalue weighted by molar-refractivity contribution is -0.166. The molecule has 11 heteroatoms. The molecule has 0 heterocycles. The van der Waals surface area contributed by atoms with Crippen LogP contribution in [-0.2, 0) is 18.6 Å². The first-order valence-electron chi connectivity index (χ1n) is 5.06. The minimum atomic E-state index is -4.99. The van der Waals surface area contributed by atoms with Crippen LogP contribution in [0.5, 0.6) is 0 Å². The summed E-state index contributed by atoms with van der Waals surface area (Å²) < 4.78 is 18.8. The lowest BCUT2D eigenvalue weighted by atomic mass is 10.0. The van der Waals surface area contributed by atoms with Gasteiger partial charge in [-0.25, -0.2) is 9.36 Å². The molecule has 0 aromatic heterocycles. The molecule has 0 rings (SSSR count). The number of phosphoric acid groups is 1. The molecular weight excluding hydrogens is 287 g/mol. The fourth-order valence-electron chi connectivity index (χ4n) is 0.856. The standard InChI is InChI=1S/C8H17O10P/c1-8(13,4-10)6(11)3-17-7(12)5(2-9)18-19(14,15)16/h5-6,9-11,13H,2-4H2,1H3,(H2,14,15,16)/t5?,6-,8+/m1/s1. The van der Waals surface area contributed by atoms with E-state index in [2.05, 4.69) is 9.26 Å². The lowest BCUT2D eigenvalue weighted by Crippen LogP contribution is -2.46. The third-order valence-electron chi connectivity index (χ3n) is 2.11. The Kier molecular flexibility index (Phi) is 7.05. The lowest BCUT2D eigenvalue weighted by Gasteiger charge is -2.26. The molecule has 0 saturated carbocycles. The molecule has 0 aliphatic carbocycles. The van der Waals surface area contributed by atoms with Crippen molar-refractivity contribution in [3.63, 3.8) is 0 Å². The number of esters is 1. The molecule has 10 nitrogen and oxygen atoms in total. The summed E-state index contributed by atoms with van der Waals surface area (Å²) in [5, 5.41) is 36.2. The molecule has 0 fully saturated rings. The second kappa shape index (κ2) is 7.27. The topological polar surface area (TPSA) is 174 Å². The van der Waals surface area contributed by atoms with Crippen LogP contribution in [0.1, 0.15) is 6.92 Å². The van der Waals surface area contributed by atoms with Crippen LogP contribution < -0.4 is 0 Å². The summed E-state index contributed by atoms with van der Waals surface area (Å²) in [7, 11) is -4.99. The minimum Gasteiger partial charge on any atom is -0.461 e. The number of carbonyl (C=O) groups is 1. The predicted octanol–water partition coefficient (Wildman–Crippen LogP) is -2.90.